The summed E-state index contributed by atoms with van der Waals surface area (Å²) >= 11 is 5.27. The van der Waals surface area contributed by atoms with Gasteiger partial charge in [0, 0.05) is 18.2 Å². The number of carbonyl (C=O) groups excluding carboxylic acids is 2. The van der Waals surface area contributed by atoms with Crippen LogP contribution in [0.25, 0.3) is 0 Å². The number of allylic oxidation sites excluding steroid dienone is 1. The van der Waals surface area contributed by atoms with Crippen molar-refractivity contribution in [1.29, 1.82) is 0 Å². The number of halogens is 5. The molecule has 0 aliphatic carbocycles. The first-order chi connectivity index (χ1) is 9.82. The molecule has 1 aromatic carbocycles. The van der Waals surface area contributed by atoms with E-state index in [1.54, 1.807) is 0 Å². The van der Waals surface area contributed by atoms with Gasteiger partial charge >= 0.3 is 20.4 Å². The van der Waals surface area contributed by atoms with E-state index in [1.165, 1.54) is 0 Å². The van der Waals surface area contributed by atoms with Crippen molar-refractivity contribution < 1.29 is 9.59 Å². The molecule has 1 aromatic rings. The number of benzene rings is 1. The van der Waals surface area contributed by atoms with E-state index in [1.807, 2.05) is 50.0 Å². The quantitative estimate of drug-likeness (QED) is 0.210. The van der Waals surface area contributed by atoms with Crippen LogP contribution < -0.4 is 0 Å². The topological polar surface area (TPSA) is 34.1 Å². The third-order valence-corrected chi connectivity index (χ3v) is 4.22. The number of carbonyl (C=O) groups is 2. The van der Waals surface area contributed by atoms with Gasteiger partial charge in [-0.2, -0.15) is 0 Å². The summed E-state index contributed by atoms with van der Waals surface area (Å²) in [6.45, 7) is 5.95. The lowest BCUT2D eigenvalue weighted by atomic mass is 10.2. The van der Waals surface area contributed by atoms with Crippen LogP contribution in [-0.4, -0.2) is 28.5 Å². The Morgan fingerprint density at radius 1 is 1.00 bits per heavy atom. The molecule has 0 saturated heterocycles. The second-order valence-electron chi connectivity index (χ2n) is 5.21. The molecule has 0 fully saturated rings. The summed E-state index contributed by atoms with van der Waals surface area (Å²) in [6.07, 6.45) is 3.02. The zero-order chi connectivity index (χ0) is 17.6. The normalized spacial score (nSPS) is 11.9. The molecule has 9 heteroatoms. The van der Waals surface area contributed by atoms with E-state index in [0.29, 0.717) is 5.20 Å². The number of rotatable bonds is 4. The Hall–Kier alpha value is 0.409. The summed E-state index contributed by atoms with van der Waals surface area (Å²) in [5.41, 5.74) is 0.788. The van der Waals surface area contributed by atoms with E-state index < -0.39 is 28.5 Å². The van der Waals surface area contributed by atoms with Gasteiger partial charge in [-0.1, -0.05) is 19.6 Å². The average Bonchev–Trinajstić information content (AvgIpc) is 2.33. The predicted octanol–water partition coefficient (Wildman–Crippen LogP) is 5.35. The lowest BCUT2D eigenvalue weighted by molar-refractivity contribution is -0.129. The molecule has 0 radical (unpaired) electrons. The van der Waals surface area contributed by atoms with E-state index in [0.717, 1.165) is 5.56 Å². The fourth-order valence-corrected chi connectivity index (χ4v) is 2.84. The second-order valence-corrected chi connectivity index (χ2v) is 23.4. The van der Waals surface area contributed by atoms with Crippen molar-refractivity contribution in [1.82, 2.24) is 0 Å². The minimum Gasteiger partial charge on any atom is -0.391 e. The summed E-state index contributed by atoms with van der Waals surface area (Å²) in [6, 6.07) is 9.28. The van der Waals surface area contributed by atoms with Crippen LogP contribution in [0.5, 0.6) is 0 Å². The van der Waals surface area contributed by atoms with Gasteiger partial charge in [0.25, 0.3) is 0 Å². The highest BCUT2D eigenvalue weighted by Gasteiger charge is 2.35. The molecule has 0 N–H and O–H groups in total. The third kappa shape index (κ3) is 11.0. The Bertz CT molecular complexity index is 544. The molecule has 0 heterocycles. The van der Waals surface area contributed by atoms with Crippen molar-refractivity contribution in [3.05, 3.63) is 47.2 Å². The fraction of sp³-hybridized carbons (Fsp3) is 0.231. The molecule has 22 heavy (non-hydrogen) atoms. The zero-order valence-corrected chi connectivity index (χ0v) is 18.1. The number of Topliss-reactive ketones (excluding diaryl/α,β-unsaturated/α-hetero) is 1. The molecule has 0 aliphatic heterocycles. The Balaban J connectivity index is 0.000000763. The van der Waals surface area contributed by atoms with Gasteiger partial charge in [-0.15, -0.1) is 0 Å². The van der Waals surface area contributed by atoms with Gasteiger partial charge in [-0.05, 0) is 29.8 Å². The SMILES string of the molecule is C[Si](C)(C)C(=[C+]c1ccccc1)C(=O)C(=O)Cl.[Cl][Al-]([Cl])([Cl])[Cl]. The van der Waals surface area contributed by atoms with E-state index in [4.69, 9.17) is 51.8 Å². The molecule has 0 aliphatic rings. The maximum absolute atomic E-state index is 11.7. The van der Waals surface area contributed by atoms with Gasteiger partial charge in [0.1, 0.15) is 18.8 Å². The van der Waals surface area contributed by atoms with Crippen molar-refractivity contribution in [2.45, 2.75) is 19.6 Å². The van der Waals surface area contributed by atoms with Crippen LogP contribution in [0.1, 0.15) is 5.56 Å². The Morgan fingerprint density at radius 3 is 1.73 bits per heavy atom. The molecule has 0 saturated carbocycles. The minimum absolute atomic E-state index is 0.434. The molecule has 1 rings (SSSR count). The summed E-state index contributed by atoms with van der Waals surface area (Å²) in [7, 11) is 15.1. The van der Waals surface area contributed by atoms with Crippen LogP contribution in [0.2, 0.25) is 19.6 Å². The van der Waals surface area contributed by atoms with E-state index in [9.17, 15) is 9.59 Å². The second kappa shape index (κ2) is 9.64. The van der Waals surface area contributed by atoms with Crippen LogP contribution in [0.3, 0.4) is 0 Å². The first kappa shape index (κ1) is 22.4. The molecule has 0 spiro atoms. The minimum atomic E-state index is -2.94. The molecule has 0 amide bonds. The summed E-state index contributed by atoms with van der Waals surface area (Å²) in [5, 5.41) is -0.505. The standard InChI is InChI=1S/C13H14ClO2Si.Al.4ClH/c1-17(2,3)11(12(15)13(14)16)9-10-7-5-4-6-8-10;;;;;/h4-8H,1-3H3;;4*1H/q+1;+3;;;;/p-4. The molecule has 2 nitrogen and oxygen atoms in total. The highest BCUT2D eigenvalue weighted by molar-refractivity contribution is 7.81. The van der Waals surface area contributed by atoms with Gasteiger partial charge in [0.2, 0.25) is 0 Å². The van der Waals surface area contributed by atoms with E-state index >= 15 is 0 Å². The van der Waals surface area contributed by atoms with Gasteiger partial charge in [0.15, 0.2) is 0 Å². The van der Waals surface area contributed by atoms with Gasteiger partial charge in [0.05, 0.1) is 0 Å². The highest BCUT2D eigenvalue weighted by Crippen LogP contribution is 2.23. The van der Waals surface area contributed by atoms with Crippen molar-refractivity contribution in [2.75, 3.05) is 0 Å². The Kier molecular flexibility index (Phi) is 9.82. The predicted molar refractivity (Wildman–Crippen MR) is 101 cm³/mol. The first-order valence-corrected chi connectivity index (χ1v) is 17.0. The summed E-state index contributed by atoms with van der Waals surface area (Å²) in [5.74, 6) is -0.630. The number of hydrogen-bond donors (Lipinski definition) is 0. The number of ketones is 1. The molecule has 120 valence electrons. The van der Waals surface area contributed by atoms with Gasteiger partial charge in [-0.3, -0.25) is 4.79 Å². The largest absolute Gasteiger partial charge is 0.564 e. The van der Waals surface area contributed by atoms with E-state index in [2.05, 4.69) is 6.08 Å². The summed E-state index contributed by atoms with van der Waals surface area (Å²) < 4.78 is 0. The van der Waals surface area contributed by atoms with Crippen molar-refractivity contribution in [3.63, 3.8) is 0 Å². The van der Waals surface area contributed by atoms with Crippen LogP contribution in [0.4, 0.5) is 0 Å². The van der Waals surface area contributed by atoms with Crippen LogP contribution in [0.15, 0.2) is 35.5 Å². The lowest BCUT2D eigenvalue weighted by Crippen LogP contribution is -2.32. The third-order valence-electron chi connectivity index (χ3n) is 2.20. The zero-order valence-electron chi connectivity index (χ0n) is 12.2. The maximum atomic E-state index is 11.7. The molecule has 0 atom stereocenters. The van der Waals surface area contributed by atoms with Crippen molar-refractivity contribution in [2.24, 2.45) is 0 Å². The van der Waals surface area contributed by atoms with Gasteiger partial charge < -0.3 is 40.2 Å². The van der Waals surface area contributed by atoms with Crippen LogP contribution in [-0.2, 0) is 9.59 Å². The molecule has 0 unspecified atom stereocenters. The smallest absolute Gasteiger partial charge is 0.391 e. The van der Waals surface area contributed by atoms with Crippen molar-refractivity contribution >= 4 is 80.3 Å². The monoisotopic (exact) mass is 432 g/mol. The number of hydrogen-bond acceptors (Lipinski definition) is 2. The first-order valence-electron chi connectivity index (χ1n) is 6.13. The van der Waals surface area contributed by atoms with Crippen LogP contribution >= 0.6 is 51.8 Å². The highest BCUT2D eigenvalue weighted by atomic mass is 35.9. The van der Waals surface area contributed by atoms with E-state index in [-0.39, 0.29) is 0 Å². The van der Waals surface area contributed by atoms with Gasteiger partial charge in [-0.25, -0.2) is 4.79 Å². The average molecular weight is 435 g/mol. The molecular weight excluding hydrogens is 420 g/mol. The maximum Gasteiger partial charge on any atom is 0.564 e. The van der Waals surface area contributed by atoms with Crippen LogP contribution in [0, 0.1) is 6.08 Å². The summed E-state index contributed by atoms with van der Waals surface area (Å²) in [4.78, 5) is 22.7. The lowest BCUT2D eigenvalue weighted by Gasteiger charge is -2.12. The molecule has 0 aromatic heterocycles. The van der Waals surface area contributed by atoms with Crippen molar-refractivity contribution in [3.8, 4) is 0 Å². The Labute approximate surface area is 155 Å². The molecule has 0 bridgehead atoms. The Morgan fingerprint density at radius 2 is 1.41 bits per heavy atom. The fourth-order valence-electron chi connectivity index (χ4n) is 1.35. The molecular formula is C13H14AlCl5O2Si.